The zero-order chi connectivity index (χ0) is 19.0. The smallest absolute Gasteiger partial charge is 0.225 e. The van der Waals surface area contributed by atoms with Gasteiger partial charge < -0.3 is 14.6 Å². The van der Waals surface area contributed by atoms with Crippen molar-refractivity contribution in [3.63, 3.8) is 0 Å². The van der Waals surface area contributed by atoms with Crippen LogP contribution in [0.4, 0.5) is 5.95 Å². The van der Waals surface area contributed by atoms with E-state index in [1.54, 1.807) is 0 Å². The molecule has 4 rings (SSSR count). The summed E-state index contributed by atoms with van der Waals surface area (Å²) in [4.78, 5) is 20.5. The molecule has 7 nitrogen and oxygen atoms in total. The second-order valence-corrected chi connectivity index (χ2v) is 7.53. The highest BCUT2D eigenvalue weighted by molar-refractivity contribution is 5.75. The van der Waals surface area contributed by atoms with Gasteiger partial charge in [0.15, 0.2) is 0 Å². The lowest BCUT2D eigenvalue weighted by Gasteiger charge is -2.29. The number of rotatable bonds is 4. The SMILES string of the molecule is Cc1nc2cnc(Cc3ccnc(N4CCC(O)CC4)n3)cc2n1C(C)C. The largest absolute Gasteiger partial charge is 0.393 e. The third kappa shape index (κ3) is 3.64. The molecule has 0 aromatic carbocycles. The standard InChI is InChI=1S/C20H26N6O/c1-13(2)26-14(3)23-18-12-22-16(11-19(18)26)10-15-4-7-21-20(24-15)25-8-5-17(27)6-9-25/h4,7,11-13,17,27H,5-6,8-10H2,1-3H3. The van der Waals surface area contributed by atoms with Gasteiger partial charge in [0.1, 0.15) is 11.3 Å². The molecule has 1 N–H and O–H groups in total. The molecular weight excluding hydrogens is 340 g/mol. The molecule has 0 bridgehead atoms. The van der Waals surface area contributed by atoms with Gasteiger partial charge >= 0.3 is 0 Å². The van der Waals surface area contributed by atoms with E-state index in [9.17, 15) is 5.11 Å². The molecule has 7 heteroatoms. The highest BCUT2D eigenvalue weighted by Gasteiger charge is 2.19. The summed E-state index contributed by atoms with van der Waals surface area (Å²) in [5, 5.41) is 9.69. The number of imidazole rings is 1. The normalized spacial score (nSPS) is 15.8. The van der Waals surface area contributed by atoms with Crippen LogP contribution in [0.5, 0.6) is 0 Å². The zero-order valence-corrected chi connectivity index (χ0v) is 16.1. The molecule has 27 heavy (non-hydrogen) atoms. The third-order valence-corrected chi connectivity index (χ3v) is 5.14. The van der Waals surface area contributed by atoms with Crippen molar-refractivity contribution >= 4 is 17.0 Å². The number of anilines is 1. The Bertz CT molecular complexity index is 943. The topological polar surface area (TPSA) is 80.0 Å². The zero-order valence-electron chi connectivity index (χ0n) is 16.1. The van der Waals surface area contributed by atoms with Crippen LogP contribution in [0.1, 0.15) is 49.9 Å². The fourth-order valence-corrected chi connectivity index (χ4v) is 3.80. The van der Waals surface area contributed by atoms with Crippen molar-refractivity contribution in [2.75, 3.05) is 18.0 Å². The molecular formula is C20H26N6O. The Morgan fingerprint density at radius 2 is 1.93 bits per heavy atom. The molecule has 0 spiro atoms. The summed E-state index contributed by atoms with van der Waals surface area (Å²) in [5.41, 5.74) is 3.97. The van der Waals surface area contributed by atoms with E-state index in [4.69, 9.17) is 4.98 Å². The fourth-order valence-electron chi connectivity index (χ4n) is 3.80. The van der Waals surface area contributed by atoms with Crippen LogP contribution in [-0.4, -0.2) is 48.8 Å². The molecule has 0 amide bonds. The molecule has 142 valence electrons. The average Bonchev–Trinajstić information content (AvgIpc) is 2.98. The van der Waals surface area contributed by atoms with Crippen LogP contribution < -0.4 is 4.90 Å². The minimum absolute atomic E-state index is 0.199. The molecule has 1 saturated heterocycles. The summed E-state index contributed by atoms with van der Waals surface area (Å²) in [6.07, 6.45) is 5.66. The number of aryl methyl sites for hydroxylation is 1. The first kappa shape index (κ1) is 17.9. The molecule has 0 saturated carbocycles. The third-order valence-electron chi connectivity index (χ3n) is 5.14. The van der Waals surface area contributed by atoms with E-state index < -0.39 is 0 Å². The van der Waals surface area contributed by atoms with Gasteiger partial charge in [-0.2, -0.15) is 0 Å². The Morgan fingerprint density at radius 3 is 2.67 bits per heavy atom. The summed E-state index contributed by atoms with van der Waals surface area (Å²) in [6.45, 7) is 7.95. The van der Waals surface area contributed by atoms with Gasteiger partial charge in [-0.25, -0.2) is 15.0 Å². The van der Waals surface area contributed by atoms with E-state index >= 15 is 0 Å². The van der Waals surface area contributed by atoms with Gasteiger partial charge in [-0.1, -0.05) is 0 Å². The maximum atomic E-state index is 9.69. The first-order valence-electron chi connectivity index (χ1n) is 9.59. The fraction of sp³-hybridized carbons (Fsp3) is 0.500. The number of hydrogen-bond donors (Lipinski definition) is 1. The van der Waals surface area contributed by atoms with Crippen molar-refractivity contribution in [1.82, 2.24) is 24.5 Å². The van der Waals surface area contributed by atoms with Crippen LogP contribution in [0.2, 0.25) is 0 Å². The van der Waals surface area contributed by atoms with E-state index in [2.05, 4.69) is 44.3 Å². The number of aliphatic hydroxyl groups excluding tert-OH is 1. The van der Waals surface area contributed by atoms with Crippen molar-refractivity contribution in [2.45, 2.75) is 52.2 Å². The number of pyridine rings is 1. The Kier molecular flexibility index (Phi) is 4.78. The Balaban J connectivity index is 1.59. The minimum atomic E-state index is -0.199. The van der Waals surface area contributed by atoms with Gasteiger partial charge in [0, 0.05) is 37.4 Å². The van der Waals surface area contributed by atoms with Crippen LogP contribution in [0.25, 0.3) is 11.0 Å². The monoisotopic (exact) mass is 366 g/mol. The first-order chi connectivity index (χ1) is 13.0. The van der Waals surface area contributed by atoms with Crippen molar-refractivity contribution < 1.29 is 5.11 Å². The molecule has 1 aliphatic heterocycles. The van der Waals surface area contributed by atoms with E-state index in [0.29, 0.717) is 12.5 Å². The van der Waals surface area contributed by atoms with Crippen molar-refractivity contribution in [1.29, 1.82) is 0 Å². The van der Waals surface area contributed by atoms with Gasteiger partial charge in [0.2, 0.25) is 5.95 Å². The molecule has 4 heterocycles. The lowest BCUT2D eigenvalue weighted by molar-refractivity contribution is 0.145. The van der Waals surface area contributed by atoms with E-state index in [0.717, 1.165) is 60.1 Å². The summed E-state index contributed by atoms with van der Waals surface area (Å²) in [5.74, 6) is 1.75. The maximum Gasteiger partial charge on any atom is 0.225 e. The molecule has 0 radical (unpaired) electrons. The number of fused-ring (bicyclic) bond motifs is 1. The second kappa shape index (κ2) is 7.23. The Morgan fingerprint density at radius 1 is 1.15 bits per heavy atom. The van der Waals surface area contributed by atoms with Crippen LogP contribution >= 0.6 is 0 Å². The predicted octanol–water partition coefficient (Wildman–Crippen LogP) is 2.66. The average molecular weight is 366 g/mol. The lowest BCUT2D eigenvalue weighted by Crippen LogP contribution is -2.36. The van der Waals surface area contributed by atoms with Gasteiger partial charge in [-0.15, -0.1) is 0 Å². The van der Waals surface area contributed by atoms with E-state index in [1.165, 1.54) is 0 Å². The number of hydrogen-bond acceptors (Lipinski definition) is 6. The molecule has 3 aromatic rings. The molecule has 1 fully saturated rings. The van der Waals surface area contributed by atoms with Crippen molar-refractivity contribution in [3.05, 3.63) is 41.7 Å². The van der Waals surface area contributed by atoms with Crippen LogP contribution in [0.3, 0.4) is 0 Å². The maximum absolute atomic E-state index is 9.69. The minimum Gasteiger partial charge on any atom is -0.393 e. The molecule has 0 atom stereocenters. The van der Waals surface area contributed by atoms with Crippen LogP contribution in [-0.2, 0) is 6.42 Å². The van der Waals surface area contributed by atoms with Gasteiger partial charge in [-0.05, 0) is 45.7 Å². The summed E-state index contributed by atoms with van der Waals surface area (Å²) in [6, 6.07) is 4.42. The summed E-state index contributed by atoms with van der Waals surface area (Å²) in [7, 11) is 0. The predicted molar refractivity (Wildman–Crippen MR) is 105 cm³/mol. The lowest BCUT2D eigenvalue weighted by atomic mass is 10.1. The quantitative estimate of drug-likeness (QED) is 0.765. The van der Waals surface area contributed by atoms with Crippen LogP contribution in [0, 0.1) is 6.92 Å². The van der Waals surface area contributed by atoms with Crippen LogP contribution in [0.15, 0.2) is 24.5 Å². The number of aliphatic hydroxyl groups is 1. The molecule has 1 aliphatic rings. The van der Waals surface area contributed by atoms with Gasteiger partial charge in [-0.3, -0.25) is 4.98 Å². The molecule has 3 aromatic heterocycles. The van der Waals surface area contributed by atoms with Crippen molar-refractivity contribution in [2.24, 2.45) is 0 Å². The van der Waals surface area contributed by atoms with Crippen molar-refractivity contribution in [3.8, 4) is 0 Å². The number of piperidine rings is 1. The Hall–Kier alpha value is -2.54. The van der Waals surface area contributed by atoms with E-state index in [1.807, 2.05) is 25.4 Å². The molecule has 0 aliphatic carbocycles. The Labute approximate surface area is 159 Å². The second-order valence-electron chi connectivity index (χ2n) is 7.53. The number of nitrogens with zero attached hydrogens (tertiary/aromatic N) is 6. The van der Waals surface area contributed by atoms with E-state index in [-0.39, 0.29) is 6.10 Å². The van der Waals surface area contributed by atoms with Gasteiger partial charge in [0.05, 0.1) is 23.5 Å². The number of aromatic nitrogens is 5. The summed E-state index contributed by atoms with van der Waals surface area (Å²) < 4.78 is 2.24. The first-order valence-corrected chi connectivity index (χ1v) is 9.59. The summed E-state index contributed by atoms with van der Waals surface area (Å²) >= 11 is 0. The molecule has 0 unspecified atom stereocenters. The van der Waals surface area contributed by atoms with Gasteiger partial charge in [0.25, 0.3) is 0 Å². The highest BCUT2D eigenvalue weighted by atomic mass is 16.3. The highest BCUT2D eigenvalue weighted by Crippen LogP contribution is 2.22.